The lowest BCUT2D eigenvalue weighted by molar-refractivity contribution is -0.873. The first-order valence-electron chi connectivity index (χ1n) is 8.76. The molecular weight excluding hydrogens is 306 g/mol. The molecule has 0 aliphatic heterocycles. The Morgan fingerprint density at radius 1 is 1.08 bits per heavy atom. The highest BCUT2D eigenvalue weighted by atomic mass is 16.5. The zero-order valence-electron chi connectivity index (χ0n) is 15.6. The minimum absolute atomic E-state index is 0.253. The largest absolute Gasteiger partial charge is 0.550 e. The van der Waals surface area contributed by atoms with Gasteiger partial charge in [0.15, 0.2) is 6.10 Å². The predicted molar refractivity (Wildman–Crippen MR) is 94.1 cm³/mol. The van der Waals surface area contributed by atoms with E-state index in [2.05, 4.69) is 19.1 Å². The van der Waals surface area contributed by atoms with Crippen molar-refractivity contribution in [2.24, 2.45) is 0 Å². The molecule has 5 nitrogen and oxygen atoms in total. The van der Waals surface area contributed by atoms with Crippen LogP contribution in [0.15, 0.2) is 24.3 Å². The van der Waals surface area contributed by atoms with Crippen LogP contribution >= 0.6 is 0 Å². The van der Waals surface area contributed by atoms with Crippen LogP contribution in [-0.4, -0.2) is 50.2 Å². The van der Waals surface area contributed by atoms with Gasteiger partial charge in [-0.25, -0.2) is 0 Å². The van der Waals surface area contributed by atoms with Gasteiger partial charge in [0, 0.05) is 18.8 Å². The number of carbonyl (C=O) groups is 2. The molecule has 0 aromatic carbocycles. The first-order valence-corrected chi connectivity index (χ1v) is 8.76. The Balaban J connectivity index is 3.97. The normalized spacial score (nSPS) is 13.5. The van der Waals surface area contributed by atoms with Crippen molar-refractivity contribution in [1.29, 1.82) is 0 Å². The lowest BCUT2D eigenvalue weighted by Crippen LogP contribution is -2.45. The fraction of sp³-hybridized carbons (Fsp3) is 0.684. The molecule has 0 aromatic rings. The number of carbonyl (C=O) groups excluding carboxylic acids is 2. The molecule has 0 saturated heterocycles. The van der Waals surface area contributed by atoms with Crippen LogP contribution in [0.3, 0.4) is 0 Å². The molecule has 0 radical (unpaired) electrons. The summed E-state index contributed by atoms with van der Waals surface area (Å²) in [7, 11) is 5.79. The minimum atomic E-state index is -1.19. The molecule has 5 heteroatoms. The standard InChI is InChI=1S/C19H33NO4/c1-5-6-7-8-9-10-11-12-13-14-19(23)24-17(15-18(21)22)16-20(2,3)4/h6-9,17H,5,10-16H2,1-4H3/b7-6+,9-8+. The van der Waals surface area contributed by atoms with Gasteiger partial charge in [-0.1, -0.05) is 37.6 Å². The van der Waals surface area contributed by atoms with E-state index in [-0.39, 0.29) is 12.4 Å². The number of ether oxygens (including phenoxy) is 1. The van der Waals surface area contributed by atoms with E-state index < -0.39 is 12.1 Å². The predicted octanol–water partition coefficient (Wildman–Crippen LogP) is 2.22. The highest BCUT2D eigenvalue weighted by Gasteiger charge is 2.22. The average Bonchev–Trinajstić information content (AvgIpc) is 2.42. The molecule has 0 aliphatic carbocycles. The molecule has 1 atom stereocenters. The number of hydrogen-bond acceptors (Lipinski definition) is 4. The van der Waals surface area contributed by atoms with Gasteiger partial charge in [-0.05, 0) is 25.7 Å². The number of unbranched alkanes of at least 4 members (excludes halogenated alkanes) is 3. The number of rotatable bonds is 13. The van der Waals surface area contributed by atoms with E-state index in [0.717, 1.165) is 32.1 Å². The van der Waals surface area contributed by atoms with Crippen molar-refractivity contribution in [3.63, 3.8) is 0 Å². The molecule has 0 heterocycles. The first kappa shape index (κ1) is 22.4. The third kappa shape index (κ3) is 15.3. The lowest BCUT2D eigenvalue weighted by atomic mass is 10.1. The Bertz CT molecular complexity index is 422. The Labute approximate surface area is 146 Å². The summed E-state index contributed by atoms with van der Waals surface area (Å²) in [6.07, 6.45) is 12.6. The van der Waals surface area contributed by atoms with Crippen molar-refractivity contribution in [3.05, 3.63) is 24.3 Å². The van der Waals surface area contributed by atoms with Crippen molar-refractivity contribution < 1.29 is 23.9 Å². The topological polar surface area (TPSA) is 66.4 Å². The summed E-state index contributed by atoms with van der Waals surface area (Å²) in [5.74, 6) is -1.51. The summed E-state index contributed by atoms with van der Waals surface area (Å²) in [6, 6.07) is 0. The van der Waals surface area contributed by atoms with E-state index in [9.17, 15) is 14.7 Å². The summed E-state index contributed by atoms with van der Waals surface area (Å²) in [5.41, 5.74) is 0. The maximum Gasteiger partial charge on any atom is 0.306 e. The maximum atomic E-state index is 11.9. The van der Waals surface area contributed by atoms with Gasteiger partial charge >= 0.3 is 5.97 Å². The van der Waals surface area contributed by atoms with Gasteiger partial charge in [0.2, 0.25) is 0 Å². The van der Waals surface area contributed by atoms with Crippen LogP contribution in [0.5, 0.6) is 0 Å². The first-order chi connectivity index (χ1) is 11.2. The quantitative estimate of drug-likeness (QED) is 0.223. The van der Waals surface area contributed by atoms with Crippen molar-refractivity contribution in [1.82, 2.24) is 0 Å². The summed E-state index contributed by atoms with van der Waals surface area (Å²) in [5, 5.41) is 10.8. The monoisotopic (exact) mass is 339 g/mol. The zero-order valence-corrected chi connectivity index (χ0v) is 15.6. The van der Waals surface area contributed by atoms with Gasteiger partial charge in [0.25, 0.3) is 0 Å². The molecule has 138 valence electrons. The summed E-state index contributed by atoms with van der Waals surface area (Å²) in [6.45, 7) is 2.55. The van der Waals surface area contributed by atoms with Crippen LogP contribution in [0.1, 0.15) is 51.9 Å². The molecule has 0 amide bonds. The molecule has 24 heavy (non-hydrogen) atoms. The number of carboxylic acid groups (broad SMARTS) is 1. The zero-order chi connectivity index (χ0) is 18.4. The van der Waals surface area contributed by atoms with E-state index >= 15 is 0 Å². The summed E-state index contributed by atoms with van der Waals surface area (Å²) >= 11 is 0. The Kier molecular flexibility index (Phi) is 11.9. The van der Waals surface area contributed by atoms with Crippen molar-refractivity contribution >= 4 is 11.9 Å². The lowest BCUT2D eigenvalue weighted by Gasteiger charge is -2.29. The molecule has 0 fully saturated rings. The van der Waals surface area contributed by atoms with Crippen molar-refractivity contribution in [2.45, 2.75) is 58.0 Å². The van der Waals surface area contributed by atoms with Crippen LogP contribution in [0.2, 0.25) is 0 Å². The van der Waals surface area contributed by atoms with Crippen LogP contribution in [-0.2, 0) is 14.3 Å². The molecular formula is C19H33NO4. The van der Waals surface area contributed by atoms with Crippen LogP contribution in [0.4, 0.5) is 0 Å². The second-order valence-electron chi connectivity index (χ2n) is 7.02. The molecule has 0 N–H and O–H groups in total. The van der Waals surface area contributed by atoms with Gasteiger partial charge in [0.05, 0.1) is 21.1 Å². The molecule has 0 spiro atoms. The van der Waals surface area contributed by atoms with E-state index in [1.807, 2.05) is 33.3 Å². The molecule has 0 saturated carbocycles. The number of carboxylic acids is 1. The van der Waals surface area contributed by atoms with E-state index in [1.165, 1.54) is 0 Å². The minimum Gasteiger partial charge on any atom is -0.550 e. The van der Waals surface area contributed by atoms with Crippen LogP contribution in [0, 0.1) is 0 Å². The number of allylic oxidation sites excluding steroid dienone is 4. The molecule has 1 unspecified atom stereocenters. The summed E-state index contributed by atoms with van der Waals surface area (Å²) in [4.78, 5) is 22.6. The van der Waals surface area contributed by atoms with Gasteiger partial charge in [-0.3, -0.25) is 4.79 Å². The van der Waals surface area contributed by atoms with Crippen molar-refractivity contribution in [2.75, 3.05) is 27.7 Å². The highest BCUT2D eigenvalue weighted by molar-refractivity contribution is 5.70. The second kappa shape index (κ2) is 12.8. The maximum absolute atomic E-state index is 11.9. The average molecular weight is 339 g/mol. The SMILES string of the molecule is CC/C=C/C=C/CCCCCC(=O)OC(CC(=O)[O-])C[N+](C)(C)C. The molecule has 0 bridgehead atoms. The highest BCUT2D eigenvalue weighted by Crippen LogP contribution is 2.09. The third-order valence-electron chi connectivity index (χ3n) is 3.31. The number of nitrogens with zero attached hydrogens (tertiary/aromatic N) is 1. The van der Waals surface area contributed by atoms with Gasteiger partial charge in [-0.15, -0.1) is 0 Å². The molecule has 0 aromatic heterocycles. The summed E-state index contributed by atoms with van der Waals surface area (Å²) < 4.78 is 5.84. The van der Waals surface area contributed by atoms with Crippen LogP contribution in [0.25, 0.3) is 0 Å². The van der Waals surface area contributed by atoms with Gasteiger partial charge in [-0.2, -0.15) is 0 Å². The van der Waals surface area contributed by atoms with E-state index in [4.69, 9.17) is 4.74 Å². The second-order valence-corrected chi connectivity index (χ2v) is 7.02. The number of likely N-dealkylation sites (N-methyl/N-ethyl adjacent to an activating group) is 1. The Morgan fingerprint density at radius 2 is 1.75 bits per heavy atom. The van der Waals surface area contributed by atoms with E-state index in [1.54, 1.807) is 0 Å². The molecule has 0 rings (SSSR count). The fourth-order valence-corrected chi connectivity index (χ4v) is 2.28. The smallest absolute Gasteiger partial charge is 0.306 e. The number of esters is 1. The van der Waals surface area contributed by atoms with E-state index in [0.29, 0.717) is 17.4 Å². The Morgan fingerprint density at radius 3 is 2.33 bits per heavy atom. The van der Waals surface area contributed by atoms with Gasteiger partial charge in [0.1, 0.15) is 6.54 Å². The number of quaternary nitrogens is 1. The van der Waals surface area contributed by atoms with Crippen molar-refractivity contribution in [3.8, 4) is 0 Å². The number of hydrogen-bond donors (Lipinski definition) is 0. The molecule has 0 aliphatic rings. The third-order valence-corrected chi connectivity index (χ3v) is 3.31. The van der Waals surface area contributed by atoms with Crippen LogP contribution < -0.4 is 5.11 Å². The number of aliphatic carboxylic acids is 1. The fourth-order valence-electron chi connectivity index (χ4n) is 2.28. The Hall–Kier alpha value is -1.62. The van der Waals surface area contributed by atoms with Gasteiger partial charge < -0.3 is 19.1 Å².